The van der Waals surface area contributed by atoms with Gasteiger partial charge in [0.15, 0.2) is 9.84 Å². The summed E-state index contributed by atoms with van der Waals surface area (Å²) in [5.41, 5.74) is -1.61. The van der Waals surface area contributed by atoms with Crippen molar-refractivity contribution in [2.75, 3.05) is 13.2 Å². The number of carboxylic acid groups (broad SMARTS) is 1. The summed E-state index contributed by atoms with van der Waals surface area (Å²) >= 11 is 0. The summed E-state index contributed by atoms with van der Waals surface area (Å²) in [5.74, 6) is -1.37. The average Bonchev–Trinajstić information content (AvgIpc) is 2.80. The van der Waals surface area contributed by atoms with Crippen LogP contribution in [-0.2, 0) is 25.0 Å². The number of halogens is 1. The van der Waals surface area contributed by atoms with Gasteiger partial charge in [0.2, 0.25) is 0 Å². The molecular formula is C19H27FO5S. The monoisotopic (exact) mass is 386 g/mol. The van der Waals surface area contributed by atoms with Gasteiger partial charge in [-0.3, -0.25) is 0 Å². The molecule has 2 unspecified atom stereocenters. The highest BCUT2D eigenvalue weighted by molar-refractivity contribution is 7.92. The van der Waals surface area contributed by atoms with Crippen molar-refractivity contribution in [2.24, 2.45) is 5.92 Å². The maximum Gasteiger partial charge on any atom is 0.329 e. The third-order valence-electron chi connectivity index (χ3n) is 4.88. The van der Waals surface area contributed by atoms with E-state index in [4.69, 9.17) is 9.84 Å². The predicted octanol–water partition coefficient (Wildman–Crippen LogP) is 3.72. The zero-order chi connectivity index (χ0) is 19.4. The summed E-state index contributed by atoms with van der Waals surface area (Å²) in [5, 5.41) is 8.05. The molecule has 5 nitrogen and oxygen atoms in total. The largest absolute Gasteiger partial charge is 0.480 e. The molecule has 26 heavy (non-hydrogen) atoms. The number of aliphatic carboxylic acids is 1. The Kier molecular flexibility index (Phi) is 6.80. The molecule has 146 valence electrons. The van der Waals surface area contributed by atoms with Crippen molar-refractivity contribution in [3.8, 4) is 0 Å². The van der Waals surface area contributed by atoms with Crippen molar-refractivity contribution < 1.29 is 27.4 Å². The second-order valence-corrected chi connectivity index (χ2v) is 9.49. The topological polar surface area (TPSA) is 80.7 Å². The van der Waals surface area contributed by atoms with E-state index in [2.05, 4.69) is 0 Å². The summed E-state index contributed by atoms with van der Waals surface area (Å²) in [6, 6.07) is 6.22. The van der Waals surface area contributed by atoms with Gasteiger partial charge in [0, 0.05) is 5.56 Å². The minimum Gasteiger partial charge on any atom is -0.480 e. The maximum absolute atomic E-state index is 14.6. The van der Waals surface area contributed by atoms with E-state index in [0.717, 1.165) is 19.3 Å². The second-order valence-electron chi connectivity index (χ2n) is 7.36. The van der Waals surface area contributed by atoms with E-state index in [1.165, 1.54) is 26.0 Å². The predicted molar refractivity (Wildman–Crippen MR) is 96.6 cm³/mol. The third kappa shape index (κ3) is 5.04. The third-order valence-corrected chi connectivity index (χ3v) is 7.27. The van der Waals surface area contributed by atoms with Gasteiger partial charge in [-0.25, -0.2) is 17.6 Å². The smallest absolute Gasteiger partial charge is 0.329 e. The van der Waals surface area contributed by atoms with E-state index < -0.39 is 33.3 Å². The molecule has 0 aromatic heterocycles. The fourth-order valence-corrected chi connectivity index (χ4v) is 6.03. The first-order chi connectivity index (χ1) is 12.1. The molecule has 0 heterocycles. The first-order valence-electron chi connectivity index (χ1n) is 8.96. The van der Waals surface area contributed by atoms with Crippen LogP contribution in [0.4, 0.5) is 4.39 Å². The van der Waals surface area contributed by atoms with Crippen LogP contribution >= 0.6 is 0 Å². The van der Waals surface area contributed by atoms with Gasteiger partial charge in [-0.05, 0) is 38.7 Å². The Morgan fingerprint density at radius 1 is 1.23 bits per heavy atom. The fourth-order valence-electron chi connectivity index (χ4n) is 3.62. The van der Waals surface area contributed by atoms with Gasteiger partial charge >= 0.3 is 5.97 Å². The number of alkyl halides is 1. The van der Waals surface area contributed by atoms with Crippen LogP contribution in [0, 0.1) is 5.92 Å². The molecule has 0 amide bonds. The van der Waals surface area contributed by atoms with Crippen LogP contribution < -0.4 is 0 Å². The number of rotatable bonds is 7. The van der Waals surface area contributed by atoms with Crippen LogP contribution in [-0.4, -0.2) is 38.0 Å². The van der Waals surface area contributed by atoms with Gasteiger partial charge in [0.1, 0.15) is 12.3 Å². The number of benzene rings is 1. The highest BCUT2D eigenvalue weighted by atomic mass is 32.2. The zero-order valence-electron chi connectivity index (χ0n) is 15.3. The molecule has 0 aliphatic heterocycles. The Balaban J connectivity index is 2.36. The van der Waals surface area contributed by atoms with Crippen LogP contribution in [0.5, 0.6) is 0 Å². The van der Waals surface area contributed by atoms with Gasteiger partial charge in [0.05, 0.1) is 16.8 Å². The van der Waals surface area contributed by atoms with Crippen molar-refractivity contribution in [3.05, 3.63) is 29.8 Å². The molecule has 2 rings (SSSR count). The molecule has 0 saturated heterocycles. The zero-order valence-corrected chi connectivity index (χ0v) is 16.1. The number of sulfone groups is 1. The number of ether oxygens (including phenoxy) is 1. The number of hydrogen-bond donors (Lipinski definition) is 1. The average molecular weight is 386 g/mol. The van der Waals surface area contributed by atoms with Gasteiger partial charge in [-0.2, -0.15) is 0 Å². The quantitative estimate of drug-likeness (QED) is 0.723. The SMILES string of the molecule is CC(C)(F)c1ccccc1S(=O)(=O)C1CCCCCC1COCC(=O)O. The Morgan fingerprint density at radius 2 is 1.88 bits per heavy atom. The Labute approximate surface area is 154 Å². The van der Waals surface area contributed by atoms with Crippen molar-refractivity contribution in [2.45, 2.75) is 61.8 Å². The summed E-state index contributed by atoms with van der Waals surface area (Å²) in [6.07, 6.45) is 3.72. The minimum absolute atomic E-state index is 0.0302. The molecular weight excluding hydrogens is 359 g/mol. The number of carboxylic acids is 1. The highest BCUT2D eigenvalue weighted by Crippen LogP contribution is 2.37. The van der Waals surface area contributed by atoms with Gasteiger partial charge in [-0.1, -0.05) is 37.5 Å². The summed E-state index contributed by atoms with van der Waals surface area (Å²) in [6.45, 7) is 2.33. The maximum atomic E-state index is 14.6. The lowest BCUT2D eigenvalue weighted by Gasteiger charge is -2.27. The van der Waals surface area contributed by atoms with Crippen molar-refractivity contribution in [1.82, 2.24) is 0 Å². The number of carbonyl (C=O) groups is 1. The molecule has 1 aromatic rings. The minimum atomic E-state index is -3.77. The Bertz CT molecular complexity index is 724. The van der Waals surface area contributed by atoms with E-state index in [1.807, 2.05) is 0 Å². The molecule has 1 fully saturated rings. The van der Waals surface area contributed by atoms with Crippen LogP contribution in [0.3, 0.4) is 0 Å². The Hall–Kier alpha value is -1.47. The lowest BCUT2D eigenvalue weighted by Crippen LogP contribution is -2.34. The molecule has 0 bridgehead atoms. The molecule has 1 aromatic carbocycles. The first-order valence-corrected chi connectivity index (χ1v) is 10.5. The first kappa shape index (κ1) is 20.8. The normalized spacial score (nSPS) is 22.0. The lowest BCUT2D eigenvalue weighted by atomic mass is 10.0. The second kappa shape index (κ2) is 8.48. The van der Waals surface area contributed by atoms with Gasteiger partial charge in [0.25, 0.3) is 0 Å². The summed E-state index contributed by atoms with van der Waals surface area (Å²) in [4.78, 5) is 10.7. The fraction of sp³-hybridized carbons (Fsp3) is 0.632. The molecule has 2 atom stereocenters. The standard InChI is InChI=1S/C19H27FO5S/c1-19(2,20)15-9-6-7-11-17(15)26(23,24)16-10-5-3-4-8-14(16)12-25-13-18(21)22/h6-7,9,11,14,16H,3-5,8,10,12-13H2,1-2H3,(H,21,22). The molecule has 1 saturated carbocycles. The van der Waals surface area contributed by atoms with E-state index in [-0.39, 0.29) is 23.0 Å². The van der Waals surface area contributed by atoms with E-state index >= 15 is 0 Å². The van der Waals surface area contributed by atoms with E-state index in [1.54, 1.807) is 12.1 Å². The van der Waals surface area contributed by atoms with Crippen LogP contribution in [0.1, 0.15) is 51.5 Å². The van der Waals surface area contributed by atoms with Crippen molar-refractivity contribution >= 4 is 15.8 Å². The van der Waals surface area contributed by atoms with Crippen molar-refractivity contribution in [3.63, 3.8) is 0 Å². The molecule has 0 radical (unpaired) electrons. The molecule has 0 spiro atoms. The van der Waals surface area contributed by atoms with Gasteiger partial charge < -0.3 is 9.84 Å². The van der Waals surface area contributed by atoms with Crippen LogP contribution in [0.25, 0.3) is 0 Å². The molecule has 1 aliphatic carbocycles. The molecule has 1 N–H and O–H groups in total. The summed E-state index contributed by atoms with van der Waals surface area (Å²) in [7, 11) is -3.77. The highest BCUT2D eigenvalue weighted by Gasteiger charge is 2.38. The van der Waals surface area contributed by atoms with Gasteiger partial charge in [-0.15, -0.1) is 0 Å². The Morgan fingerprint density at radius 3 is 2.54 bits per heavy atom. The van der Waals surface area contributed by atoms with Crippen molar-refractivity contribution in [1.29, 1.82) is 0 Å². The number of hydrogen-bond acceptors (Lipinski definition) is 4. The van der Waals surface area contributed by atoms with Crippen LogP contribution in [0.15, 0.2) is 29.2 Å². The molecule has 7 heteroatoms. The van der Waals surface area contributed by atoms with E-state index in [0.29, 0.717) is 12.8 Å². The lowest BCUT2D eigenvalue weighted by molar-refractivity contribution is -0.142. The summed E-state index contributed by atoms with van der Waals surface area (Å²) < 4.78 is 46.6. The van der Waals surface area contributed by atoms with Crippen LogP contribution in [0.2, 0.25) is 0 Å². The molecule has 1 aliphatic rings. The van der Waals surface area contributed by atoms with E-state index in [9.17, 15) is 17.6 Å².